The minimum atomic E-state index is -3.88. The number of hydrogen-bond donors (Lipinski definition) is 4. The second kappa shape index (κ2) is 9.94. The van der Waals surface area contributed by atoms with Crippen molar-refractivity contribution in [2.75, 3.05) is 25.7 Å². The van der Waals surface area contributed by atoms with Gasteiger partial charge in [-0.3, -0.25) is 0 Å². The summed E-state index contributed by atoms with van der Waals surface area (Å²) in [7, 11) is -3.88. The standard InChI is InChI=1S/C18H20Cl2O8S/c19-10-18(23,24)11-28-17-6-5-15(7-16(17)20)29(25,26)14-3-1-13(2-4-14)27-9-12(22)8-21/h1-7,12,21-24H,8-11H2/t12-/m1/s1. The molecule has 0 fully saturated rings. The van der Waals surface area contributed by atoms with Gasteiger partial charge in [-0.05, 0) is 42.5 Å². The van der Waals surface area contributed by atoms with E-state index >= 15 is 0 Å². The molecular formula is C18H20Cl2O8S. The first-order chi connectivity index (χ1) is 13.6. The highest BCUT2D eigenvalue weighted by Crippen LogP contribution is 2.31. The second-order valence-electron chi connectivity index (χ2n) is 6.12. The molecule has 0 bridgehead atoms. The number of sulfone groups is 1. The van der Waals surface area contributed by atoms with Crippen molar-refractivity contribution in [1.29, 1.82) is 0 Å². The SMILES string of the molecule is O=S(=O)(c1ccc(OC[C@H](O)CO)cc1)c1ccc(OCC(O)(O)CCl)c(Cl)c1. The van der Waals surface area contributed by atoms with E-state index in [4.69, 9.17) is 37.8 Å². The van der Waals surface area contributed by atoms with Crippen molar-refractivity contribution in [3.63, 3.8) is 0 Å². The summed E-state index contributed by atoms with van der Waals surface area (Å²) in [4.78, 5) is -0.0972. The molecule has 2 rings (SSSR count). The molecule has 4 N–H and O–H groups in total. The Balaban J connectivity index is 2.15. The number of hydrogen-bond acceptors (Lipinski definition) is 8. The normalized spacial score (nSPS) is 13.2. The summed E-state index contributed by atoms with van der Waals surface area (Å²) in [5.74, 6) is -2.33. The predicted molar refractivity (Wildman–Crippen MR) is 105 cm³/mol. The van der Waals surface area contributed by atoms with E-state index < -0.39 is 40.8 Å². The van der Waals surface area contributed by atoms with Crippen LogP contribution in [0.25, 0.3) is 0 Å². The predicted octanol–water partition coefficient (Wildman–Crippen LogP) is 1.20. The Hall–Kier alpha value is -1.59. The molecule has 11 heteroatoms. The number of halogens is 2. The number of alkyl halides is 1. The van der Waals surface area contributed by atoms with Gasteiger partial charge in [0.05, 0.1) is 27.3 Å². The molecule has 0 aromatic heterocycles. The summed E-state index contributed by atoms with van der Waals surface area (Å²) in [6.45, 7) is -1.13. The first kappa shape index (κ1) is 23.7. The Kier molecular flexibility index (Phi) is 8.12. The zero-order chi connectivity index (χ0) is 21.7. The van der Waals surface area contributed by atoms with Gasteiger partial charge >= 0.3 is 0 Å². The topological polar surface area (TPSA) is 134 Å². The van der Waals surface area contributed by atoms with Crippen LogP contribution in [0.2, 0.25) is 5.02 Å². The van der Waals surface area contributed by atoms with E-state index in [0.29, 0.717) is 5.75 Å². The first-order valence-electron chi connectivity index (χ1n) is 8.29. The summed E-state index contributed by atoms with van der Waals surface area (Å²) in [5, 5.41) is 36.9. The van der Waals surface area contributed by atoms with Gasteiger partial charge in [0, 0.05) is 0 Å². The van der Waals surface area contributed by atoms with E-state index in [1.807, 2.05) is 0 Å². The maximum absolute atomic E-state index is 12.8. The lowest BCUT2D eigenvalue weighted by molar-refractivity contribution is -0.162. The molecule has 160 valence electrons. The van der Waals surface area contributed by atoms with E-state index in [9.17, 15) is 23.7 Å². The van der Waals surface area contributed by atoms with E-state index in [1.165, 1.54) is 42.5 Å². The average molecular weight is 467 g/mol. The van der Waals surface area contributed by atoms with Gasteiger partial charge in [-0.15, -0.1) is 11.6 Å². The zero-order valence-electron chi connectivity index (χ0n) is 15.0. The average Bonchev–Trinajstić information content (AvgIpc) is 2.71. The summed E-state index contributed by atoms with van der Waals surface area (Å²) in [6.07, 6.45) is -1.03. The minimum absolute atomic E-state index is 0.0100. The number of aliphatic hydroxyl groups excluding tert-OH is 2. The molecule has 0 aliphatic heterocycles. The highest BCUT2D eigenvalue weighted by atomic mass is 35.5. The zero-order valence-corrected chi connectivity index (χ0v) is 17.4. The van der Waals surface area contributed by atoms with Crippen molar-refractivity contribution in [1.82, 2.24) is 0 Å². The second-order valence-corrected chi connectivity index (χ2v) is 8.74. The van der Waals surface area contributed by atoms with Crippen molar-refractivity contribution in [3.05, 3.63) is 47.5 Å². The van der Waals surface area contributed by atoms with Crippen LogP contribution in [0.3, 0.4) is 0 Å². The molecule has 1 atom stereocenters. The fourth-order valence-corrected chi connectivity index (χ4v) is 3.76. The van der Waals surface area contributed by atoms with Crippen LogP contribution < -0.4 is 9.47 Å². The molecule has 0 saturated carbocycles. The number of aliphatic hydroxyl groups is 4. The summed E-state index contributed by atoms with van der Waals surface area (Å²) < 4.78 is 36.0. The Morgan fingerprint density at radius 1 is 1.03 bits per heavy atom. The number of benzene rings is 2. The van der Waals surface area contributed by atoms with Crippen molar-refractivity contribution in [3.8, 4) is 11.5 Å². The molecular weight excluding hydrogens is 447 g/mol. The van der Waals surface area contributed by atoms with Crippen molar-refractivity contribution in [2.24, 2.45) is 0 Å². The third-order valence-corrected chi connectivity index (χ3v) is 6.16. The molecule has 0 aliphatic carbocycles. The molecule has 29 heavy (non-hydrogen) atoms. The summed E-state index contributed by atoms with van der Waals surface area (Å²) in [5.41, 5.74) is 0. The molecule has 0 unspecified atom stereocenters. The van der Waals surface area contributed by atoms with Crippen LogP contribution in [0, 0.1) is 0 Å². The highest BCUT2D eigenvalue weighted by molar-refractivity contribution is 7.91. The van der Waals surface area contributed by atoms with E-state index in [0.717, 1.165) is 0 Å². The lowest BCUT2D eigenvalue weighted by Gasteiger charge is -2.19. The molecule has 0 spiro atoms. The van der Waals surface area contributed by atoms with Gasteiger partial charge in [0.15, 0.2) is 0 Å². The molecule has 2 aromatic rings. The Morgan fingerprint density at radius 2 is 1.66 bits per heavy atom. The van der Waals surface area contributed by atoms with Gasteiger partial charge in [0.2, 0.25) is 15.6 Å². The van der Waals surface area contributed by atoms with Crippen LogP contribution in [-0.4, -0.2) is 66.4 Å². The van der Waals surface area contributed by atoms with Gasteiger partial charge in [0.25, 0.3) is 0 Å². The minimum Gasteiger partial charge on any atom is -0.491 e. The third kappa shape index (κ3) is 6.45. The van der Waals surface area contributed by atoms with Crippen LogP contribution in [-0.2, 0) is 9.84 Å². The number of ether oxygens (including phenoxy) is 2. The smallest absolute Gasteiger partial charge is 0.211 e. The van der Waals surface area contributed by atoms with Crippen LogP contribution in [0.5, 0.6) is 11.5 Å². The van der Waals surface area contributed by atoms with Crippen molar-refractivity contribution >= 4 is 33.0 Å². The van der Waals surface area contributed by atoms with Gasteiger partial charge in [-0.25, -0.2) is 8.42 Å². The maximum atomic E-state index is 12.8. The van der Waals surface area contributed by atoms with Crippen molar-refractivity contribution < 1.29 is 38.3 Å². The van der Waals surface area contributed by atoms with Crippen molar-refractivity contribution in [2.45, 2.75) is 21.7 Å². The van der Waals surface area contributed by atoms with Crippen LogP contribution in [0.4, 0.5) is 0 Å². The maximum Gasteiger partial charge on any atom is 0.211 e. The lowest BCUT2D eigenvalue weighted by atomic mass is 10.3. The van der Waals surface area contributed by atoms with Crippen LogP contribution >= 0.6 is 23.2 Å². The van der Waals surface area contributed by atoms with Crippen LogP contribution in [0.1, 0.15) is 0 Å². The first-order valence-corrected chi connectivity index (χ1v) is 10.7. The van der Waals surface area contributed by atoms with Crippen LogP contribution in [0.15, 0.2) is 52.3 Å². The summed E-state index contributed by atoms with van der Waals surface area (Å²) in [6, 6.07) is 9.27. The van der Waals surface area contributed by atoms with Gasteiger partial charge in [-0.1, -0.05) is 11.6 Å². The van der Waals surface area contributed by atoms with E-state index in [1.54, 1.807) is 0 Å². The van der Waals surface area contributed by atoms with Gasteiger partial charge < -0.3 is 29.9 Å². The highest BCUT2D eigenvalue weighted by Gasteiger charge is 2.24. The quantitative estimate of drug-likeness (QED) is 0.303. The molecule has 0 radical (unpaired) electrons. The largest absolute Gasteiger partial charge is 0.491 e. The molecule has 2 aromatic carbocycles. The lowest BCUT2D eigenvalue weighted by Crippen LogP contribution is -2.37. The fourth-order valence-electron chi connectivity index (χ4n) is 2.09. The van der Waals surface area contributed by atoms with E-state index in [2.05, 4.69) is 0 Å². The Bertz CT molecular complexity index is 916. The molecule has 0 amide bonds. The van der Waals surface area contributed by atoms with E-state index in [-0.39, 0.29) is 27.2 Å². The summed E-state index contributed by atoms with van der Waals surface area (Å²) >= 11 is 11.4. The van der Waals surface area contributed by atoms with Gasteiger partial charge in [0.1, 0.15) is 30.8 Å². The molecule has 0 aliphatic rings. The van der Waals surface area contributed by atoms with Gasteiger partial charge in [-0.2, -0.15) is 0 Å². The molecule has 0 saturated heterocycles. The number of rotatable bonds is 10. The molecule has 8 nitrogen and oxygen atoms in total. The third-order valence-electron chi connectivity index (χ3n) is 3.67. The Morgan fingerprint density at radius 3 is 2.21 bits per heavy atom. The Labute approximate surface area is 177 Å². The monoisotopic (exact) mass is 466 g/mol. The molecule has 0 heterocycles. The fraction of sp³-hybridized carbons (Fsp3) is 0.333.